The Bertz CT molecular complexity index is 838. The number of carbonyl (C=O) groups excluding carboxylic acids is 1. The molecule has 8 nitrogen and oxygen atoms in total. The summed E-state index contributed by atoms with van der Waals surface area (Å²) < 4.78 is 0. The van der Waals surface area contributed by atoms with Gasteiger partial charge in [0.25, 0.3) is 0 Å². The van der Waals surface area contributed by atoms with E-state index in [1.54, 1.807) is 13.1 Å². The van der Waals surface area contributed by atoms with E-state index in [9.17, 15) is 4.79 Å². The first-order chi connectivity index (χ1) is 14.4. The van der Waals surface area contributed by atoms with Gasteiger partial charge in [0, 0.05) is 52.2 Å². The summed E-state index contributed by atoms with van der Waals surface area (Å²) >= 11 is 6.68. The van der Waals surface area contributed by atoms with Gasteiger partial charge in [0.2, 0.25) is 5.91 Å². The number of carbonyl (C=O) groups is 1. The number of nitrogens with one attached hydrogen (secondary N) is 2. The SMILES string of the molecule is C=C/C=C(\C=C1/CC(=O)NN=C1CN)C(/C/C=N\C)=C(/NC)C1C=NN(C)CC1Cl. The lowest BCUT2D eigenvalue weighted by Gasteiger charge is -2.31. The fourth-order valence-electron chi connectivity index (χ4n) is 3.41. The predicted molar refractivity (Wildman–Crippen MR) is 125 cm³/mol. The smallest absolute Gasteiger partial charge is 0.244 e. The Morgan fingerprint density at radius 1 is 1.57 bits per heavy atom. The van der Waals surface area contributed by atoms with Gasteiger partial charge in [0.15, 0.2) is 0 Å². The normalized spacial score (nSPS) is 24.6. The van der Waals surface area contributed by atoms with Crippen LogP contribution in [0.2, 0.25) is 0 Å². The number of aliphatic imine (C=N–C) groups is 1. The van der Waals surface area contributed by atoms with Crippen molar-refractivity contribution >= 4 is 35.6 Å². The summed E-state index contributed by atoms with van der Waals surface area (Å²) in [5.74, 6) is -0.272. The van der Waals surface area contributed by atoms with E-state index >= 15 is 0 Å². The Hall–Kier alpha value is -2.71. The van der Waals surface area contributed by atoms with Crippen molar-refractivity contribution in [1.82, 2.24) is 15.8 Å². The second-order valence-electron chi connectivity index (χ2n) is 6.94. The van der Waals surface area contributed by atoms with E-state index in [0.29, 0.717) is 18.7 Å². The highest BCUT2D eigenvalue weighted by atomic mass is 35.5. The van der Waals surface area contributed by atoms with Crippen LogP contribution in [0.25, 0.3) is 0 Å². The average molecular weight is 432 g/mol. The van der Waals surface area contributed by atoms with E-state index in [4.69, 9.17) is 17.3 Å². The molecule has 0 aliphatic carbocycles. The van der Waals surface area contributed by atoms with Crippen LogP contribution in [0.1, 0.15) is 12.8 Å². The maximum atomic E-state index is 11.9. The molecular formula is C21H30ClN7O. The number of allylic oxidation sites excluding steroid dienone is 6. The summed E-state index contributed by atoms with van der Waals surface area (Å²) in [5.41, 5.74) is 12.6. The summed E-state index contributed by atoms with van der Waals surface area (Å²) in [7, 11) is 5.50. The zero-order valence-corrected chi connectivity index (χ0v) is 18.5. The predicted octanol–water partition coefficient (Wildman–Crippen LogP) is 1.58. The summed E-state index contributed by atoms with van der Waals surface area (Å²) in [6.45, 7) is 4.72. The van der Waals surface area contributed by atoms with Crippen molar-refractivity contribution < 1.29 is 4.79 Å². The zero-order chi connectivity index (χ0) is 22.1. The molecule has 0 aromatic rings. The van der Waals surface area contributed by atoms with Gasteiger partial charge in [-0.15, -0.1) is 11.6 Å². The quantitative estimate of drug-likeness (QED) is 0.308. The van der Waals surface area contributed by atoms with Crippen LogP contribution in [0.15, 0.2) is 62.4 Å². The van der Waals surface area contributed by atoms with Crippen LogP contribution >= 0.6 is 11.6 Å². The molecule has 2 unspecified atom stereocenters. The highest BCUT2D eigenvalue weighted by Crippen LogP contribution is 2.29. The number of alkyl halides is 1. The highest BCUT2D eigenvalue weighted by Gasteiger charge is 2.29. The fourth-order valence-corrected chi connectivity index (χ4v) is 3.80. The molecule has 0 aromatic carbocycles. The molecule has 9 heteroatoms. The molecule has 2 aliphatic rings. The highest BCUT2D eigenvalue weighted by molar-refractivity contribution is 6.22. The number of halogens is 1. The van der Waals surface area contributed by atoms with Crippen LogP contribution in [0.3, 0.4) is 0 Å². The summed E-state index contributed by atoms with van der Waals surface area (Å²) in [6, 6.07) is 0. The lowest BCUT2D eigenvalue weighted by molar-refractivity contribution is -0.120. The monoisotopic (exact) mass is 431 g/mol. The van der Waals surface area contributed by atoms with Gasteiger partial charge in [-0.1, -0.05) is 18.7 Å². The zero-order valence-electron chi connectivity index (χ0n) is 17.7. The number of nitrogens with two attached hydrogens (primary N) is 1. The lowest BCUT2D eigenvalue weighted by atomic mass is 9.89. The van der Waals surface area contributed by atoms with Gasteiger partial charge in [0.05, 0.1) is 30.0 Å². The van der Waals surface area contributed by atoms with Crippen LogP contribution in [-0.4, -0.2) is 68.7 Å². The van der Waals surface area contributed by atoms with E-state index in [-0.39, 0.29) is 30.2 Å². The average Bonchev–Trinajstić information content (AvgIpc) is 2.72. The van der Waals surface area contributed by atoms with Crippen molar-refractivity contribution in [2.75, 3.05) is 34.2 Å². The van der Waals surface area contributed by atoms with E-state index in [0.717, 1.165) is 22.4 Å². The van der Waals surface area contributed by atoms with Gasteiger partial charge >= 0.3 is 0 Å². The van der Waals surface area contributed by atoms with Gasteiger partial charge in [0.1, 0.15) is 0 Å². The van der Waals surface area contributed by atoms with Crippen LogP contribution in [0.5, 0.6) is 0 Å². The van der Waals surface area contributed by atoms with E-state index in [2.05, 4.69) is 32.5 Å². The second-order valence-corrected chi connectivity index (χ2v) is 7.50. The standard InChI is InChI=1S/C21H30ClN7O/c1-5-6-14(9-15-10-20(30)28-27-19(15)11-23)16(7-8-24-2)21(25-3)17-12-26-29(4)13-18(17)22/h5-6,8-9,12,17-18,25H,1,7,10-11,13,23H2,2-4H3,(H,28,30)/b14-6+,15-9+,21-16+,24-8-. The third kappa shape index (κ3) is 5.90. The minimum atomic E-state index is -0.172. The molecule has 4 N–H and O–H groups in total. The molecule has 162 valence electrons. The third-order valence-corrected chi connectivity index (χ3v) is 5.27. The van der Waals surface area contributed by atoms with E-state index < -0.39 is 0 Å². The topological polar surface area (TPSA) is 107 Å². The van der Waals surface area contributed by atoms with Gasteiger partial charge in [-0.05, 0) is 22.8 Å². The molecule has 0 aromatic heterocycles. The minimum Gasteiger partial charge on any atom is -0.391 e. The van der Waals surface area contributed by atoms with Gasteiger partial charge in [-0.2, -0.15) is 10.2 Å². The lowest BCUT2D eigenvalue weighted by Crippen LogP contribution is -2.38. The molecule has 0 saturated carbocycles. The van der Waals surface area contributed by atoms with Crippen molar-refractivity contribution in [2.45, 2.75) is 18.2 Å². The minimum absolute atomic E-state index is 0.1000. The Labute approximate surface area is 183 Å². The van der Waals surface area contributed by atoms with Gasteiger partial charge in [-0.3, -0.25) is 9.80 Å². The van der Waals surface area contributed by atoms with Crippen LogP contribution in [-0.2, 0) is 4.79 Å². The molecule has 0 spiro atoms. The number of hydrazone groups is 2. The Morgan fingerprint density at radius 3 is 2.93 bits per heavy atom. The molecule has 30 heavy (non-hydrogen) atoms. The molecule has 2 rings (SSSR count). The number of rotatable bonds is 8. The number of hydrogen-bond donors (Lipinski definition) is 3. The fraction of sp³-hybridized carbons (Fsp3) is 0.429. The van der Waals surface area contributed by atoms with Crippen molar-refractivity contribution in [3.8, 4) is 0 Å². The van der Waals surface area contributed by atoms with Crippen molar-refractivity contribution in [3.05, 3.63) is 47.2 Å². The van der Waals surface area contributed by atoms with Crippen molar-refractivity contribution in [2.24, 2.45) is 26.8 Å². The molecule has 0 saturated heterocycles. The number of hydrogen-bond acceptors (Lipinski definition) is 7. The number of nitrogens with zero attached hydrogens (tertiary/aromatic N) is 4. The summed E-state index contributed by atoms with van der Waals surface area (Å²) in [6.07, 6.45) is 10.0. The Kier molecular flexibility index (Phi) is 9.01. The first-order valence-corrected chi connectivity index (χ1v) is 10.2. The summed E-state index contributed by atoms with van der Waals surface area (Å²) in [5, 5.41) is 13.5. The molecule has 0 fully saturated rings. The molecule has 2 atom stereocenters. The molecular weight excluding hydrogens is 402 g/mol. The number of amides is 1. The van der Waals surface area contributed by atoms with Crippen LogP contribution in [0.4, 0.5) is 0 Å². The van der Waals surface area contributed by atoms with E-state index in [1.807, 2.05) is 43.7 Å². The van der Waals surface area contributed by atoms with Crippen molar-refractivity contribution in [1.29, 1.82) is 0 Å². The first-order valence-electron chi connectivity index (χ1n) is 9.75. The molecule has 0 bridgehead atoms. The maximum absolute atomic E-state index is 11.9. The largest absolute Gasteiger partial charge is 0.391 e. The van der Waals surface area contributed by atoms with Gasteiger partial charge in [-0.25, -0.2) is 5.43 Å². The summed E-state index contributed by atoms with van der Waals surface area (Å²) in [4.78, 5) is 16.1. The third-order valence-electron chi connectivity index (χ3n) is 4.86. The molecule has 2 heterocycles. The first kappa shape index (κ1) is 23.6. The Morgan fingerprint density at radius 2 is 2.33 bits per heavy atom. The maximum Gasteiger partial charge on any atom is 0.244 e. The van der Waals surface area contributed by atoms with Crippen molar-refractivity contribution in [3.63, 3.8) is 0 Å². The van der Waals surface area contributed by atoms with Crippen LogP contribution in [0, 0.1) is 5.92 Å². The van der Waals surface area contributed by atoms with Gasteiger partial charge < -0.3 is 16.0 Å². The van der Waals surface area contributed by atoms with Crippen LogP contribution < -0.4 is 16.5 Å². The second kappa shape index (κ2) is 11.5. The molecule has 2 aliphatic heterocycles. The molecule has 1 amide bonds. The molecule has 0 radical (unpaired) electrons. The Balaban J connectivity index is 2.62. The van der Waals surface area contributed by atoms with E-state index in [1.165, 1.54) is 0 Å².